The lowest BCUT2D eigenvalue weighted by Crippen LogP contribution is -2.45. The average Bonchev–Trinajstić information content (AvgIpc) is 2.32. The minimum atomic E-state index is -0.0804. The molecule has 0 radical (unpaired) electrons. The standard InChI is InChI=1S/C13H27N3O2/c1-5-7-14-12(17)10-16(8-6-2)13(18)9-15-11(3)4/h11,15H,5-10H2,1-4H3,(H,14,17). The van der Waals surface area contributed by atoms with Crippen LogP contribution in [0.1, 0.15) is 40.5 Å². The molecule has 0 spiro atoms. The molecule has 2 amide bonds. The SMILES string of the molecule is CCCNC(=O)CN(CCC)C(=O)CNC(C)C. The van der Waals surface area contributed by atoms with E-state index >= 15 is 0 Å². The molecule has 18 heavy (non-hydrogen) atoms. The van der Waals surface area contributed by atoms with Crippen molar-refractivity contribution in [1.29, 1.82) is 0 Å². The molecule has 0 aromatic rings. The Morgan fingerprint density at radius 2 is 1.83 bits per heavy atom. The van der Waals surface area contributed by atoms with Crippen LogP contribution in [0.2, 0.25) is 0 Å². The number of amides is 2. The molecule has 0 heterocycles. The molecule has 106 valence electrons. The molecule has 0 fully saturated rings. The molecule has 0 unspecified atom stereocenters. The number of hydrogen-bond donors (Lipinski definition) is 2. The predicted octanol–water partition coefficient (Wildman–Crippen LogP) is 0.749. The average molecular weight is 257 g/mol. The second kappa shape index (κ2) is 9.88. The van der Waals surface area contributed by atoms with Gasteiger partial charge in [-0.2, -0.15) is 0 Å². The van der Waals surface area contributed by atoms with Crippen LogP contribution in [0, 0.1) is 0 Å². The van der Waals surface area contributed by atoms with Gasteiger partial charge in [-0.25, -0.2) is 0 Å². The van der Waals surface area contributed by atoms with Crippen LogP contribution in [0.25, 0.3) is 0 Å². The van der Waals surface area contributed by atoms with Crippen molar-refractivity contribution in [3.05, 3.63) is 0 Å². The van der Waals surface area contributed by atoms with E-state index < -0.39 is 0 Å². The summed E-state index contributed by atoms with van der Waals surface area (Å²) in [6.45, 7) is 9.72. The third kappa shape index (κ3) is 8.06. The van der Waals surface area contributed by atoms with Gasteiger partial charge in [-0.15, -0.1) is 0 Å². The van der Waals surface area contributed by atoms with Gasteiger partial charge >= 0.3 is 0 Å². The maximum atomic E-state index is 11.9. The van der Waals surface area contributed by atoms with Gasteiger partial charge in [0.1, 0.15) is 0 Å². The summed E-state index contributed by atoms with van der Waals surface area (Å²) < 4.78 is 0. The second-order valence-electron chi connectivity index (χ2n) is 4.70. The molecule has 2 N–H and O–H groups in total. The normalized spacial score (nSPS) is 10.5. The molecule has 0 bridgehead atoms. The number of nitrogens with zero attached hydrogens (tertiary/aromatic N) is 1. The Hall–Kier alpha value is -1.10. The van der Waals surface area contributed by atoms with E-state index in [4.69, 9.17) is 0 Å². The monoisotopic (exact) mass is 257 g/mol. The van der Waals surface area contributed by atoms with E-state index in [1.807, 2.05) is 27.7 Å². The van der Waals surface area contributed by atoms with E-state index in [2.05, 4.69) is 10.6 Å². The summed E-state index contributed by atoms with van der Waals surface area (Å²) in [7, 11) is 0. The van der Waals surface area contributed by atoms with Crippen molar-refractivity contribution in [3.8, 4) is 0 Å². The Morgan fingerprint density at radius 3 is 2.33 bits per heavy atom. The van der Waals surface area contributed by atoms with Crippen LogP contribution in [0.4, 0.5) is 0 Å². The lowest BCUT2D eigenvalue weighted by molar-refractivity contribution is -0.135. The summed E-state index contributed by atoms with van der Waals surface area (Å²) in [5, 5.41) is 5.87. The third-order valence-corrected chi connectivity index (χ3v) is 2.41. The first kappa shape index (κ1) is 16.9. The van der Waals surface area contributed by atoms with Crippen LogP contribution in [0.3, 0.4) is 0 Å². The Balaban J connectivity index is 4.19. The molecule has 0 aliphatic heterocycles. The first-order valence-corrected chi connectivity index (χ1v) is 6.79. The van der Waals surface area contributed by atoms with Crippen molar-refractivity contribution in [3.63, 3.8) is 0 Å². The fraction of sp³-hybridized carbons (Fsp3) is 0.846. The highest BCUT2D eigenvalue weighted by Gasteiger charge is 2.15. The van der Waals surface area contributed by atoms with E-state index in [9.17, 15) is 9.59 Å². The zero-order chi connectivity index (χ0) is 14.0. The van der Waals surface area contributed by atoms with Crippen molar-refractivity contribution in [1.82, 2.24) is 15.5 Å². The highest BCUT2D eigenvalue weighted by atomic mass is 16.2. The molecule has 0 saturated carbocycles. The molecule has 0 aliphatic rings. The fourth-order valence-corrected chi connectivity index (χ4v) is 1.46. The fourth-order valence-electron chi connectivity index (χ4n) is 1.46. The van der Waals surface area contributed by atoms with Crippen LogP contribution in [-0.4, -0.2) is 48.9 Å². The zero-order valence-corrected chi connectivity index (χ0v) is 12.1. The van der Waals surface area contributed by atoms with Crippen LogP contribution in [0.15, 0.2) is 0 Å². The molecular weight excluding hydrogens is 230 g/mol. The summed E-state index contributed by atoms with van der Waals surface area (Å²) in [6, 6.07) is 0.270. The van der Waals surface area contributed by atoms with E-state index in [1.165, 1.54) is 0 Å². The third-order valence-electron chi connectivity index (χ3n) is 2.41. The van der Waals surface area contributed by atoms with E-state index in [1.54, 1.807) is 4.90 Å². The van der Waals surface area contributed by atoms with Crippen LogP contribution < -0.4 is 10.6 Å². The van der Waals surface area contributed by atoms with Gasteiger partial charge in [-0.3, -0.25) is 9.59 Å². The van der Waals surface area contributed by atoms with Crippen LogP contribution >= 0.6 is 0 Å². The lowest BCUT2D eigenvalue weighted by Gasteiger charge is -2.22. The summed E-state index contributed by atoms with van der Waals surface area (Å²) >= 11 is 0. The molecule has 0 saturated heterocycles. The highest BCUT2D eigenvalue weighted by molar-refractivity contribution is 5.85. The molecule has 5 nitrogen and oxygen atoms in total. The Morgan fingerprint density at radius 1 is 1.17 bits per heavy atom. The largest absolute Gasteiger partial charge is 0.355 e. The van der Waals surface area contributed by atoms with Crippen LogP contribution in [0.5, 0.6) is 0 Å². The molecular formula is C13H27N3O2. The quantitative estimate of drug-likeness (QED) is 0.641. The van der Waals surface area contributed by atoms with Gasteiger partial charge in [-0.1, -0.05) is 27.7 Å². The summed E-state index contributed by atoms with van der Waals surface area (Å²) in [6.07, 6.45) is 1.76. The van der Waals surface area contributed by atoms with Crippen molar-refractivity contribution < 1.29 is 9.59 Å². The minimum Gasteiger partial charge on any atom is -0.355 e. The van der Waals surface area contributed by atoms with Gasteiger partial charge in [0, 0.05) is 19.1 Å². The van der Waals surface area contributed by atoms with Gasteiger partial charge in [0.25, 0.3) is 0 Å². The van der Waals surface area contributed by atoms with E-state index in [0.29, 0.717) is 19.6 Å². The van der Waals surface area contributed by atoms with E-state index in [0.717, 1.165) is 12.8 Å². The van der Waals surface area contributed by atoms with Crippen molar-refractivity contribution >= 4 is 11.8 Å². The number of rotatable bonds is 9. The Labute approximate surface area is 110 Å². The molecule has 0 aromatic carbocycles. The highest BCUT2D eigenvalue weighted by Crippen LogP contribution is 1.93. The van der Waals surface area contributed by atoms with Gasteiger partial charge in [0.15, 0.2) is 0 Å². The van der Waals surface area contributed by atoms with Crippen molar-refractivity contribution in [2.45, 2.75) is 46.6 Å². The smallest absolute Gasteiger partial charge is 0.239 e. The van der Waals surface area contributed by atoms with Crippen molar-refractivity contribution in [2.75, 3.05) is 26.2 Å². The van der Waals surface area contributed by atoms with E-state index in [-0.39, 0.29) is 24.4 Å². The Bertz CT molecular complexity index is 255. The minimum absolute atomic E-state index is 0.0165. The van der Waals surface area contributed by atoms with Crippen LogP contribution in [-0.2, 0) is 9.59 Å². The maximum Gasteiger partial charge on any atom is 0.239 e. The topological polar surface area (TPSA) is 61.4 Å². The number of carbonyl (C=O) groups excluding carboxylic acids is 2. The number of hydrogen-bond acceptors (Lipinski definition) is 3. The van der Waals surface area contributed by atoms with Gasteiger partial charge in [0.2, 0.25) is 11.8 Å². The maximum absolute atomic E-state index is 11.9. The number of carbonyl (C=O) groups is 2. The molecule has 5 heteroatoms. The van der Waals surface area contributed by atoms with Gasteiger partial charge in [-0.05, 0) is 12.8 Å². The molecule has 0 atom stereocenters. The van der Waals surface area contributed by atoms with Gasteiger partial charge in [0.05, 0.1) is 13.1 Å². The zero-order valence-electron chi connectivity index (χ0n) is 12.1. The summed E-state index contributed by atoms with van der Waals surface area (Å²) in [5.74, 6) is -0.0969. The van der Waals surface area contributed by atoms with Crippen molar-refractivity contribution in [2.24, 2.45) is 0 Å². The molecule has 0 rings (SSSR count). The Kier molecular flexibility index (Phi) is 9.28. The molecule has 0 aromatic heterocycles. The number of nitrogens with one attached hydrogen (secondary N) is 2. The lowest BCUT2D eigenvalue weighted by atomic mass is 10.3. The first-order chi connectivity index (χ1) is 8.51. The predicted molar refractivity (Wildman–Crippen MR) is 73.3 cm³/mol. The first-order valence-electron chi connectivity index (χ1n) is 6.79. The summed E-state index contributed by atoms with van der Waals surface area (Å²) in [5.41, 5.74) is 0. The molecule has 0 aliphatic carbocycles. The second-order valence-corrected chi connectivity index (χ2v) is 4.70. The summed E-state index contributed by atoms with van der Waals surface area (Å²) in [4.78, 5) is 25.1. The van der Waals surface area contributed by atoms with Gasteiger partial charge < -0.3 is 15.5 Å².